The number of rotatable bonds is 1. The summed E-state index contributed by atoms with van der Waals surface area (Å²) in [5, 5.41) is 7.66. The van der Waals surface area contributed by atoms with Crippen LogP contribution in [0.3, 0.4) is 0 Å². The molecular formula is C10H19N3. The molecule has 0 bridgehead atoms. The molecule has 2 heterocycles. The van der Waals surface area contributed by atoms with E-state index in [1.165, 1.54) is 11.3 Å². The molecule has 0 radical (unpaired) electrons. The Balaban J connectivity index is 0.000000396. The van der Waals surface area contributed by atoms with Gasteiger partial charge in [0.05, 0.1) is 5.69 Å². The van der Waals surface area contributed by atoms with Gasteiger partial charge in [-0.1, -0.05) is 13.8 Å². The summed E-state index contributed by atoms with van der Waals surface area (Å²) in [6.45, 7) is 8.32. The van der Waals surface area contributed by atoms with Gasteiger partial charge >= 0.3 is 0 Å². The second-order valence-corrected chi connectivity index (χ2v) is 3.23. The molecule has 0 spiro atoms. The number of hydrogen-bond acceptors (Lipinski definition) is 2. The Bertz CT molecular complexity index is 261. The van der Waals surface area contributed by atoms with Gasteiger partial charge in [-0.25, -0.2) is 0 Å². The van der Waals surface area contributed by atoms with Gasteiger partial charge in [0, 0.05) is 32.3 Å². The van der Waals surface area contributed by atoms with Crippen molar-refractivity contribution in [2.75, 3.05) is 13.1 Å². The van der Waals surface area contributed by atoms with Gasteiger partial charge in [0.1, 0.15) is 0 Å². The smallest absolute Gasteiger partial charge is 0.0709 e. The van der Waals surface area contributed by atoms with Crippen LogP contribution >= 0.6 is 0 Å². The first-order valence-electron chi connectivity index (χ1n) is 4.98. The number of aromatic nitrogens is 2. The van der Waals surface area contributed by atoms with E-state index in [9.17, 15) is 0 Å². The zero-order valence-corrected chi connectivity index (χ0v) is 8.96. The first-order chi connectivity index (χ1) is 6.27. The average molecular weight is 181 g/mol. The Hall–Kier alpha value is -0.830. The molecule has 0 amide bonds. The van der Waals surface area contributed by atoms with E-state index < -0.39 is 0 Å². The molecule has 1 saturated heterocycles. The molecule has 0 atom stereocenters. The molecule has 1 fully saturated rings. The van der Waals surface area contributed by atoms with Gasteiger partial charge in [0.2, 0.25) is 0 Å². The van der Waals surface area contributed by atoms with E-state index in [4.69, 9.17) is 0 Å². The van der Waals surface area contributed by atoms with Crippen molar-refractivity contribution < 1.29 is 0 Å². The van der Waals surface area contributed by atoms with Gasteiger partial charge in [0.25, 0.3) is 0 Å². The van der Waals surface area contributed by atoms with Crippen LogP contribution < -0.4 is 5.32 Å². The SMILES string of the molecule is CC.Cc1cn(C)nc1C1CNC1. The summed E-state index contributed by atoms with van der Waals surface area (Å²) < 4.78 is 1.89. The Morgan fingerprint density at radius 3 is 2.38 bits per heavy atom. The van der Waals surface area contributed by atoms with E-state index in [0.717, 1.165) is 13.1 Å². The molecule has 0 unspecified atom stereocenters. The van der Waals surface area contributed by atoms with Crippen molar-refractivity contribution in [3.63, 3.8) is 0 Å². The first-order valence-corrected chi connectivity index (χ1v) is 4.98. The second kappa shape index (κ2) is 4.42. The molecule has 0 saturated carbocycles. The van der Waals surface area contributed by atoms with Crippen LogP contribution in [0.15, 0.2) is 6.20 Å². The molecule has 1 aliphatic rings. The zero-order chi connectivity index (χ0) is 9.84. The van der Waals surface area contributed by atoms with Crippen LogP contribution in [0, 0.1) is 6.92 Å². The van der Waals surface area contributed by atoms with E-state index in [1.807, 2.05) is 25.6 Å². The van der Waals surface area contributed by atoms with Crippen LogP contribution in [0.5, 0.6) is 0 Å². The van der Waals surface area contributed by atoms with Crippen molar-refractivity contribution in [1.29, 1.82) is 0 Å². The van der Waals surface area contributed by atoms with Crippen molar-refractivity contribution in [2.45, 2.75) is 26.7 Å². The van der Waals surface area contributed by atoms with E-state index in [0.29, 0.717) is 5.92 Å². The minimum absolute atomic E-state index is 0.663. The molecule has 2 rings (SSSR count). The summed E-state index contributed by atoms with van der Waals surface area (Å²) in [6.07, 6.45) is 2.08. The zero-order valence-electron chi connectivity index (χ0n) is 8.96. The summed E-state index contributed by atoms with van der Waals surface area (Å²) in [7, 11) is 1.97. The monoisotopic (exact) mass is 181 g/mol. The number of aryl methyl sites for hydroxylation is 2. The third kappa shape index (κ3) is 2.10. The van der Waals surface area contributed by atoms with Crippen LogP contribution in [-0.2, 0) is 7.05 Å². The van der Waals surface area contributed by atoms with Crippen LogP contribution in [0.1, 0.15) is 31.0 Å². The summed E-state index contributed by atoms with van der Waals surface area (Å²) in [6, 6.07) is 0. The molecule has 74 valence electrons. The average Bonchev–Trinajstić information content (AvgIpc) is 2.32. The van der Waals surface area contributed by atoms with Crippen molar-refractivity contribution in [1.82, 2.24) is 15.1 Å². The standard InChI is InChI=1S/C8H13N3.C2H6/c1-6-5-11(2)10-8(6)7-3-9-4-7;1-2/h5,7,9H,3-4H2,1-2H3;1-2H3. The van der Waals surface area contributed by atoms with Crippen molar-refractivity contribution in [3.05, 3.63) is 17.5 Å². The molecule has 1 aromatic heterocycles. The van der Waals surface area contributed by atoms with Crippen LogP contribution in [-0.4, -0.2) is 22.9 Å². The van der Waals surface area contributed by atoms with E-state index >= 15 is 0 Å². The lowest BCUT2D eigenvalue weighted by molar-refractivity contribution is 0.435. The van der Waals surface area contributed by atoms with Crippen LogP contribution in [0.25, 0.3) is 0 Å². The molecule has 3 heteroatoms. The highest BCUT2D eigenvalue weighted by molar-refractivity contribution is 5.22. The third-order valence-electron chi connectivity index (χ3n) is 2.22. The summed E-state index contributed by atoms with van der Waals surface area (Å²) in [5.74, 6) is 0.663. The highest BCUT2D eigenvalue weighted by atomic mass is 15.3. The maximum atomic E-state index is 4.41. The Kier molecular flexibility index (Phi) is 3.48. The maximum Gasteiger partial charge on any atom is 0.0709 e. The summed E-state index contributed by atoms with van der Waals surface area (Å²) in [5.41, 5.74) is 2.59. The maximum absolute atomic E-state index is 4.41. The minimum Gasteiger partial charge on any atom is -0.315 e. The van der Waals surface area contributed by atoms with Crippen molar-refractivity contribution >= 4 is 0 Å². The molecule has 1 N–H and O–H groups in total. The second-order valence-electron chi connectivity index (χ2n) is 3.23. The summed E-state index contributed by atoms with van der Waals surface area (Å²) >= 11 is 0. The lowest BCUT2D eigenvalue weighted by Gasteiger charge is -2.25. The highest BCUT2D eigenvalue weighted by Gasteiger charge is 2.22. The van der Waals surface area contributed by atoms with Gasteiger partial charge in [-0.2, -0.15) is 5.10 Å². The Labute approximate surface area is 80.1 Å². The predicted molar refractivity (Wildman–Crippen MR) is 54.9 cm³/mol. The Morgan fingerprint density at radius 2 is 2.08 bits per heavy atom. The molecule has 1 aliphatic heterocycles. The largest absolute Gasteiger partial charge is 0.315 e. The molecule has 3 nitrogen and oxygen atoms in total. The molecule has 0 aliphatic carbocycles. The minimum atomic E-state index is 0.663. The molecular weight excluding hydrogens is 162 g/mol. The van der Waals surface area contributed by atoms with Crippen LogP contribution in [0.4, 0.5) is 0 Å². The lowest BCUT2D eigenvalue weighted by atomic mass is 9.97. The summed E-state index contributed by atoms with van der Waals surface area (Å²) in [4.78, 5) is 0. The van der Waals surface area contributed by atoms with E-state index in [-0.39, 0.29) is 0 Å². The normalized spacial score (nSPS) is 16.0. The third-order valence-corrected chi connectivity index (χ3v) is 2.22. The fourth-order valence-electron chi connectivity index (χ4n) is 1.51. The van der Waals surface area contributed by atoms with Crippen molar-refractivity contribution in [2.24, 2.45) is 7.05 Å². The van der Waals surface area contributed by atoms with E-state index in [1.54, 1.807) is 0 Å². The van der Waals surface area contributed by atoms with E-state index in [2.05, 4.69) is 23.5 Å². The van der Waals surface area contributed by atoms with Gasteiger partial charge < -0.3 is 5.32 Å². The quantitative estimate of drug-likeness (QED) is 0.710. The molecule has 13 heavy (non-hydrogen) atoms. The molecule has 1 aromatic rings. The van der Waals surface area contributed by atoms with Gasteiger partial charge in [-0.05, 0) is 12.5 Å². The number of hydrogen-bond donors (Lipinski definition) is 1. The number of nitrogens with one attached hydrogen (secondary N) is 1. The Morgan fingerprint density at radius 1 is 1.46 bits per heavy atom. The van der Waals surface area contributed by atoms with Gasteiger partial charge in [-0.15, -0.1) is 0 Å². The molecule has 0 aromatic carbocycles. The fraction of sp³-hybridized carbons (Fsp3) is 0.700. The first kappa shape index (κ1) is 10.3. The van der Waals surface area contributed by atoms with Gasteiger partial charge in [0.15, 0.2) is 0 Å². The van der Waals surface area contributed by atoms with Crippen LogP contribution in [0.2, 0.25) is 0 Å². The highest BCUT2D eigenvalue weighted by Crippen LogP contribution is 2.20. The number of nitrogens with zero attached hydrogens (tertiary/aromatic N) is 2. The van der Waals surface area contributed by atoms with Gasteiger partial charge in [-0.3, -0.25) is 4.68 Å². The fourth-order valence-corrected chi connectivity index (χ4v) is 1.51. The predicted octanol–water partition coefficient (Wildman–Crippen LogP) is 1.44. The lowest BCUT2D eigenvalue weighted by Crippen LogP contribution is -2.40. The van der Waals surface area contributed by atoms with Crippen molar-refractivity contribution in [3.8, 4) is 0 Å². The topological polar surface area (TPSA) is 29.9 Å².